The van der Waals surface area contributed by atoms with Crippen molar-refractivity contribution in [3.8, 4) is 5.75 Å². The van der Waals surface area contributed by atoms with Crippen molar-refractivity contribution in [2.45, 2.75) is 26.3 Å². The Balaban J connectivity index is 2.94. The maximum absolute atomic E-state index is 11.9. The molecule has 0 radical (unpaired) electrons. The molecule has 0 heterocycles. The molecule has 1 unspecified atom stereocenters. The summed E-state index contributed by atoms with van der Waals surface area (Å²) in [5.74, 6) is -0.572. The minimum Gasteiger partial charge on any atom is -0.490 e. The molecular formula is C13H16N2O5. The van der Waals surface area contributed by atoms with Crippen molar-refractivity contribution in [3.05, 3.63) is 33.9 Å². The van der Waals surface area contributed by atoms with Crippen molar-refractivity contribution < 1.29 is 19.2 Å². The van der Waals surface area contributed by atoms with Crippen LogP contribution < -0.4 is 10.1 Å². The Labute approximate surface area is 116 Å². The third-order valence-electron chi connectivity index (χ3n) is 2.82. The summed E-state index contributed by atoms with van der Waals surface area (Å²) in [5, 5.41) is 13.3. The van der Waals surface area contributed by atoms with Crippen LogP contribution in [0.5, 0.6) is 5.75 Å². The van der Waals surface area contributed by atoms with E-state index >= 15 is 0 Å². The molecule has 7 nitrogen and oxygen atoms in total. The van der Waals surface area contributed by atoms with Gasteiger partial charge in [0.25, 0.3) is 5.91 Å². The number of carbonyl (C=O) groups is 2. The zero-order valence-electron chi connectivity index (χ0n) is 11.5. The van der Waals surface area contributed by atoms with Crippen molar-refractivity contribution in [3.63, 3.8) is 0 Å². The van der Waals surface area contributed by atoms with Crippen LogP contribution in [0.25, 0.3) is 0 Å². The Morgan fingerprint density at radius 3 is 2.60 bits per heavy atom. The number of ether oxygens (including phenoxy) is 1. The third kappa shape index (κ3) is 3.53. The van der Waals surface area contributed by atoms with Crippen LogP contribution in [0.4, 0.5) is 5.69 Å². The highest BCUT2D eigenvalue weighted by Gasteiger charge is 2.19. The van der Waals surface area contributed by atoms with Gasteiger partial charge in [0.05, 0.1) is 18.1 Å². The minimum absolute atomic E-state index is 0.00267. The number of nitrogens with one attached hydrogen (secondary N) is 1. The highest BCUT2D eigenvalue weighted by atomic mass is 16.6. The number of methoxy groups -OCH3 is 1. The van der Waals surface area contributed by atoms with Gasteiger partial charge >= 0.3 is 5.69 Å². The molecule has 1 amide bonds. The fourth-order valence-corrected chi connectivity index (χ4v) is 1.64. The second-order valence-corrected chi connectivity index (χ2v) is 4.16. The van der Waals surface area contributed by atoms with E-state index in [9.17, 15) is 19.7 Å². The number of hydrogen-bond donors (Lipinski definition) is 1. The zero-order chi connectivity index (χ0) is 15.3. The van der Waals surface area contributed by atoms with Gasteiger partial charge in [-0.1, -0.05) is 6.92 Å². The lowest BCUT2D eigenvalue weighted by Gasteiger charge is -2.12. The number of hydrogen-bond acceptors (Lipinski definition) is 5. The van der Waals surface area contributed by atoms with Gasteiger partial charge in [-0.25, -0.2) is 0 Å². The smallest absolute Gasteiger partial charge is 0.310 e. The van der Waals surface area contributed by atoms with Gasteiger partial charge in [0.15, 0.2) is 11.5 Å². The molecule has 1 N–H and O–H groups in total. The van der Waals surface area contributed by atoms with Crippen LogP contribution in [0, 0.1) is 10.1 Å². The number of carbonyl (C=O) groups excluding carboxylic acids is 2. The summed E-state index contributed by atoms with van der Waals surface area (Å²) < 4.78 is 4.88. The molecule has 0 fully saturated rings. The fourth-order valence-electron chi connectivity index (χ4n) is 1.64. The second kappa shape index (κ2) is 6.65. The van der Waals surface area contributed by atoms with Gasteiger partial charge in [0.1, 0.15) is 0 Å². The molecule has 1 aromatic carbocycles. The van der Waals surface area contributed by atoms with Gasteiger partial charge in [-0.15, -0.1) is 0 Å². The standard InChI is InChI=1S/C13H16N2O5/c1-4-11(16)8(2)14-13(17)9-5-6-10(15(18)19)12(7-9)20-3/h5-8H,4H2,1-3H3,(H,14,17). The molecule has 108 valence electrons. The fraction of sp³-hybridized carbons (Fsp3) is 0.385. The molecule has 0 spiro atoms. The summed E-state index contributed by atoms with van der Waals surface area (Å²) in [4.78, 5) is 33.5. The lowest BCUT2D eigenvalue weighted by Crippen LogP contribution is -2.38. The van der Waals surface area contributed by atoms with Gasteiger partial charge in [-0.2, -0.15) is 0 Å². The zero-order valence-corrected chi connectivity index (χ0v) is 11.5. The van der Waals surface area contributed by atoms with Crippen LogP contribution in [0.3, 0.4) is 0 Å². The average molecular weight is 280 g/mol. The summed E-state index contributed by atoms with van der Waals surface area (Å²) >= 11 is 0. The molecule has 0 aliphatic carbocycles. The first kappa shape index (κ1) is 15.6. The summed E-state index contributed by atoms with van der Waals surface area (Å²) in [5.41, 5.74) is -0.0232. The molecule has 0 aliphatic heterocycles. The van der Waals surface area contributed by atoms with Gasteiger partial charge in [0, 0.05) is 24.1 Å². The quantitative estimate of drug-likeness (QED) is 0.631. The normalized spacial score (nSPS) is 11.6. The monoisotopic (exact) mass is 280 g/mol. The number of rotatable bonds is 6. The van der Waals surface area contributed by atoms with Gasteiger partial charge in [-0.05, 0) is 13.0 Å². The Morgan fingerprint density at radius 1 is 1.45 bits per heavy atom. The van der Waals surface area contributed by atoms with Crippen molar-refractivity contribution in [1.82, 2.24) is 5.32 Å². The number of nitrogens with zero attached hydrogens (tertiary/aromatic N) is 1. The Hall–Kier alpha value is -2.44. The maximum atomic E-state index is 11.9. The van der Waals surface area contributed by atoms with Crippen molar-refractivity contribution in [2.24, 2.45) is 0 Å². The Kier molecular flexibility index (Phi) is 5.19. The number of nitro benzene ring substituents is 1. The van der Waals surface area contributed by atoms with Crippen LogP contribution >= 0.6 is 0 Å². The summed E-state index contributed by atoms with van der Waals surface area (Å²) in [6.45, 7) is 3.30. The predicted octanol–water partition coefficient (Wildman–Crippen LogP) is 1.70. The van der Waals surface area contributed by atoms with E-state index in [0.717, 1.165) is 0 Å². The van der Waals surface area contributed by atoms with Crippen molar-refractivity contribution >= 4 is 17.4 Å². The second-order valence-electron chi connectivity index (χ2n) is 4.16. The van der Waals surface area contributed by atoms with Crippen LogP contribution in [-0.4, -0.2) is 29.8 Å². The Bertz CT molecular complexity index is 542. The first-order valence-electron chi connectivity index (χ1n) is 6.06. The van der Waals surface area contributed by atoms with Gasteiger partial charge in [0.2, 0.25) is 0 Å². The Morgan fingerprint density at radius 2 is 2.10 bits per heavy atom. The van der Waals surface area contributed by atoms with Crippen LogP contribution in [0.2, 0.25) is 0 Å². The summed E-state index contributed by atoms with van der Waals surface area (Å²) in [6.07, 6.45) is 0.324. The molecule has 20 heavy (non-hydrogen) atoms. The lowest BCUT2D eigenvalue weighted by atomic mass is 10.1. The number of Topliss-reactive ketones (excluding diaryl/α,β-unsaturated/α-hetero) is 1. The molecule has 0 saturated carbocycles. The topological polar surface area (TPSA) is 98.5 Å². The van der Waals surface area contributed by atoms with E-state index in [1.54, 1.807) is 13.8 Å². The van der Waals surface area contributed by atoms with Crippen LogP contribution in [-0.2, 0) is 4.79 Å². The van der Waals surface area contributed by atoms with E-state index in [2.05, 4.69) is 5.32 Å². The number of nitro groups is 1. The molecular weight excluding hydrogens is 264 g/mol. The molecule has 0 aliphatic rings. The van der Waals surface area contributed by atoms with E-state index < -0.39 is 16.9 Å². The highest BCUT2D eigenvalue weighted by Crippen LogP contribution is 2.27. The first-order valence-corrected chi connectivity index (χ1v) is 6.06. The van der Waals surface area contributed by atoms with E-state index in [0.29, 0.717) is 6.42 Å². The third-order valence-corrected chi connectivity index (χ3v) is 2.82. The molecule has 1 aromatic rings. The molecule has 7 heteroatoms. The lowest BCUT2D eigenvalue weighted by molar-refractivity contribution is -0.385. The SMILES string of the molecule is CCC(=O)C(C)NC(=O)c1ccc([N+](=O)[O-])c(OC)c1. The van der Waals surface area contributed by atoms with Crippen molar-refractivity contribution in [2.75, 3.05) is 7.11 Å². The van der Waals surface area contributed by atoms with Gasteiger partial charge < -0.3 is 10.1 Å². The van der Waals surface area contributed by atoms with E-state index in [1.165, 1.54) is 25.3 Å². The maximum Gasteiger partial charge on any atom is 0.310 e. The first-order chi connectivity index (χ1) is 9.40. The van der Waals surface area contributed by atoms with E-state index in [-0.39, 0.29) is 22.8 Å². The summed E-state index contributed by atoms with van der Waals surface area (Å²) in [6, 6.07) is 3.18. The molecule has 0 aromatic heterocycles. The largest absolute Gasteiger partial charge is 0.490 e. The summed E-state index contributed by atoms with van der Waals surface area (Å²) in [7, 11) is 1.28. The molecule has 1 atom stereocenters. The van der Waals surface area contributed by atoms with E-state index in [4.69, 9.17) is 4.74 Å². The highest BCUT2D eigenvalue weighted by molar-refractivity contribution is 5.98. The average Bonchev–Trinajstić information content (AvgIpc) is 2.45. The molecule has 0 bridgehead atoms. The number of ketones is 1. The van der Waals surface area contributed by atoms with Gasteiger partial charge in [-0.3, -0.25) is 19.7 Å². The molecule has 1 rings (SSSR count). The number of amides is 1. The van der Waals surface area contributed by atoms with E-state index in [1.807, 2.05) is 0 Å². The predicted molar refractivity (Wildman–Crippen MR) is 71.9 cm³/mol. The van der Waals surface area contributed by atoms with Crippen LogP contribution in [0.15, 0.2) is 18.2 Å². The van der Waals surface area contributed by atoms with Crippen molar-refractivity contribution in [1.29, 1.82) is 0 Å². The minimum atomic E-state index is -0.603. The number of benzene rings is 1. The van der Waals surface area contributed by atoms with Crippen LogP contribution in [0.1, 0.15) is 30.6 Å². The molecule has 0 saturated heterocycles.